The van der Waals surface area contributed by atoms with Crippen LogP contribution in [-0.2, 0) is 13.1 Å². The number of nitrogen functional groups attached to an aromatic ring is 1. The van der Waals surface area contributed by atoms with Crippen LogP contribution in [0.25, 0.3) is 0 Å². The molecule has 3 N–H and O–H groups in total. The molecule has 88 valence electrons. The van der Waals surface area contributed by atoms with E-state index >= 15 is 0 Å². The van der Waals surface area contributed by atoms with Crippen LogP contribution in [0.5, 0.6) is 0 Å². The summed E-state index contributed by atoms with van der Waals surface area (Å²) < 4.78 is 0. The second kappa shape index (κ2) is 5.46. The molecule has 0 bridgehead atoms. The van der Waals surface area contributed by atoms with Crippen LogP contribution in [0, 0.1) is 6.92 Å². The number of nitrogens with one attached hydrogen (secondary N) is 1. The van der Waals surface area contributed by atoms with Gasteiger partial charge in [0.25, 0.3) is 0 Å². The van der Waals surface area contributed by atoms with Gasteiger partial charge in [-0.1, -0.05) is 24.3 Å². The lowest BCUT2D eigenvalue weighted by Crippen LogP contribution is -2.14. The van der Waals surface area contributed by atoms with Crippen molar-refractivity contribution in [2.45, 2.75) is 20.0 Å². The number of para-hydroxylation sites is 1. The summed E-state index contributed by atoms with van der Waals surface area (Å²) in [6.07, 6.45) is 1.90. The zero-order valence-corrected chi connectivity index (χ0v) is 9.98. The van der Waals surface area contributed by atoms with E-state index < -0.39 is 0 Å². The maximum Gasteiger partial charge on any atom is 0.0372 e. The zero-order chi connectivity index (χ0) is 12.1. The molecule has 0 radical (unpaired) electrons. The minimum absolute atomic E-state index is 0.778. The fraction of sp³-hybridized carbons (Fsp3) is 0.214. The third-order valence-corrected chi connectivity index (χ3v) is 2.67. The van der Waals surface area contributed by atoms with E-state index in [1.807, 2.05) is 43.5 Å². The van der Waals surface area contributed by atoms with Crippen molar-refractivity contribution in [2.24, 2.45) is 0 Å². The van der Waals surface area contributed by atoms with Gasteiger partial charge < -0.3 is 11.1 Å². The number of nitrogens with two attached hydrogens (primary N) is 1. The highest BCUT2D eigenvalue weighted by atomic mass is 14.9. The van der Waals surface area contributed by atoms with Crippen LogP contribution in [0.2, 0.25) is 0 Å². The molecule has 0 atom stereocenters. The van der Waals surface area contributed by atoms with Crippen LogP contribution in [0.4, 0.5) is 5.69 Å². The number of benzene rings is 1. The fourth-order valence-corrected chi connectivity index (χ4v) is 1.64. The van der Waals surface area contributed by atoms with E-state index in [1.165, 1.54) is 5.56 Å². The monoisotopic (exact) mass is 227 g/mol. The van der Waals surface area contributed by atoms with Gasteiger partial charge in [0.05, 0.1) is 0 Å². The molecule has 0 unspecified atom stereocenters. The van der Waals surface area contributed by atoms with Crippen molar-refractivity contribution in [3.8, 4) is 0 Å². The van der Waals surface area contributed by atoms with Crippen molar-refractivity contribution >= 4 is 5.69 Å². The van der Waals surface area contributed by atoms with Crippen molar-refractivity contribution < 1.29 is 0 Å². The van der Waals surface area contributed by atoms with Crippen molar-refractivity contribution in [2.75, 3.05) is 5.73 Å². The van der Waals surface area contributed by atoms with Gasteiger partial charge in [-0.05, 0) is 30.2 Å². The highest BCUT2D eigenvalue weighted by Gasteiger charge is 1.97. The Hall–Kier alpha value is -1.87. The Morgan fingerprint density at radius 1 is 1.12 bits per heavy atom. The SMILES string of the molecule is Cc1ccc(CNCc2ccccc2N)cn1. The topological polar surface area (TPSA) is 50.9 Å². The summed E-state index contributed by atoms with van der Waals surface area (Å²) in [5.41, 5.74) is 10.1. The number of hydrogen-bond acceptors (Lipinski definition) is 3. The maximum absolute atomic E-state index is 5.87. The van der Waals surface area contributed by atoms with E-state index in [0.29, 0.717) is 0 Å². The molecular formula is C14H17N3. The lowest BCUT2D eigenvalue weighted by Gasteiger charge is -2.07. The first kappa shape index (κ1) is 11.6. The summed E-state index contributed by atoms with van der Waals surface area (Å²) in [5.74, 6) is 0. The highest BCUT2D eigenvalue weighted by molar-refractivity contribution is 5.46. The molecule has 2 aromatic rings. The van der Waals surface area contributed by atoms with E-state index in [9.17, 15) is 0 Å². The molecular weight excluding hydrogens is 210 g/mol. The predicted molar refractivity (Wildman–Crippen MR) is 70.4 cm³/mol. The standard InChI is InChI=1S/C14H17N3/c1-11-6-7-12(9-17-11)8-16-10-13-4-2-3-5-14(13)15/h2-7,9,16H,8,10,15H2,1H3. The van der Waals surface area contributed by atoms with Crippen LogP contribution in [0.3, 0.4) is 0 Å². The van der Waals surface area contributed by atoms with Crippen molar-refractivity contribution in [1.82, 2.24) is 10.3 Å². The van der Waals surface area contributed by atoms with E-state index in [-0.39, 0.29) is 0 Å². The first-order valence-corrected chi connectivity index (χ1v) is 5.71. The molecule has 0 amide bonds. The van der Waals surface area contributed by atoms with Crippen LogP contribution in [0.15, 0.2) is 42.6 Å². The Kier molecular flexibility index (Phi) is 3.73. The van der Waals surface area contributed by atoms with E-state index in [4.69, 9.17) is 5.73 Å². The third kappa shape index (κ3) is 3.29. The first-order valence-electron chi connectivity index (χ1n) is 5.71. The molecule has 0 fully saturated rings. The largest absolute Gasteiger partial charge is 0.398 e. The predicted octanol–water partition coefficient (Wildman–Crippen LogP) is 2.26. The first-order chi connectivity index (χ1) is 8.25. The maximum atomic E-state index is 5.87. The van der Waals surface area contributed by atoms with Crippen molar-refractivity contribution in [3.05, 3.63) is 59.4 Å². The summed E-state index contributed by atoms with van der Waals surface area (Å²) in [5, 5.41) is 3.36. The van der Waals surface area contributed by atoms with Gasteiger partial charge in [0.1, 0.15) is 0 Å². The fourth-order valence-electron chi connectivity index (χ4n) is 1.64. The second-order valence-corrected chi connectivity index (χ2v) is 4.11. The van der Waals surface area contributed by atoms with Gasteiger partial charge in [-0.3, -0.25) is 4.98 Å². The summed E-state index contributed by atoms with van der Waals surface area (Å²) in [7, 11) is 0. The molecule has 0 spiro atoms. The molecule has 1 heterocycles. The number of aryl methyl sites for hydroxylation is 1. The number of anilines is 1. The van der Waals surface area contributed by atoms with Crippen LogP contribution in [0.1, 0.15) is 16.8 Å². The molecule has 3 heteroatoms. The average molecular weight is 227 g/mol. The molecule has 0 aliphatic carbocycles. The van der Waals surface area contributed by atoms with Gasteiger partial charge in [0.15, 0.2) is 0 Å². The summed E-state index contributed by atoms with van der Waals surface area (Å²) in [4.78, 5) is 4.26. The average Bonchev–Trinajstić information content (AvgIpc) is 2.34. The van der Waals surface area contributed by atoms with Gasteiger partial charge in [0.2, 0.25) is 0 Å². The molecule has 3 nitrogen and oxygen atoms in total. The Bertz CT molecular complexity index is 477. The number of rotatable bonds is 4. The van der Waals surface area contributed by atoms with Gasteiger partial charge in [-0.2, -0.15) is 0 Å². The molecule has 1 aromatic carbocycles. The Morgan fingerprint density at radius 3 is 2.65 bits per heavy atom. The Balaban J connectivity index is 1.88. The molecule has 17 heavy (non-hydrogen) atoms. The van der Waals surface area contributed by atoms with E-state index in [1.54, 1.807) is 0 Å². The van der Waals surface area contributed by atoms with Crippen molar-refractivity contribution in [1.29, 1.82) is 0 Å². The van der Waals surface area contributed by atoms with Crippen LogP contribution < -0.4 is 11.1 Å². The third-order valence-electron chi connectivity index (χ3n) is 2.67. The smallest absolute Gasteiger partial charge is 0.0372 e. The van der Waals surface area contributed by atoms with Crippen LogP contribution in [-0.4, -0.2) is 4.98 Å². The molecule has 0 aliphatic rings. The molecule has 0 aliphatic heterocycles. The zero-order valence-electron chi connectivity index (χ0n) is 9.98. The van der Waals surface area contributed by atoms with Crippen molar-refractivity contribution in [3.63, 3.8) is 0 Å². The summed E-state index contributed by atoms with van der Waals surface area (Å²) in [6, 6.07) is 12.0. The Morgan fingerprint density at radius 2 is 1.94 bits per heavy atom. The quantitative estimate of drug-likeness (QED) is 0.788. The molecule has 0 saturated carbocycles. The lowest BCUT2D eigenvalue weighted by molar-refractivity contribution is 0.692. The van der Waals surface area contributed by atoms with Gasteiger partial charge in [-0.25, -0.2) is 0 Å². The number of aromatic nitrogens is 1. The van der Waals surface area contributed by atoms with Gasteiger partial charge in [-0.15, -0.1) is 0 Å². The summed E-state index contributed by atoms with van der Waals surface area (Å²) >= 11 is 0. The van der Waals surface area contributed by atoms with Crippen LogP contribution >= 0.6 is 0 Å². The normalized spacial score (nSPS) is 10.4. The second-order valence-electron chi connectivity index (χ2n) is 4.11. The molecule has 2 rings (SSSR count). The van der Waals surface area contributed by atoms with Gasteiger partial charge in [0, 0.05) is 30.7 Å². The summed E-state index contributed by atoms with van der Waals surface area (Å²) in [6.45, 7) is 3.57. The minimum atomic E-state index is 0.778. The lowest BCUT2D eigenvalue weighted by atomic mass is 10.2. The molecule has 1 aromatic heterocycles. The highest BCUT2D eigenvalue weighted by Crippen LogP contribution is 2.10. The van der Waals surface area contributed by atoms with E-state index in [2.05, 4.69) is 16.4 Å². The van der Waals surface area contributed by atoms with Gasteiger partial charge >= 0.3 is 0 Å². The Labute approximate surface area is 102 Å². The minimum Gasteiger partial charge on any atom is -0.398 e. The number of nitrogens with zero attached hydrogens (tertiary/aromatic N) is 1. The molecule has 0 saturated heterocycles. The number of pyridine rings is 1. The number of hydrogen-bond donors (Lipinski definition) is 2. The van der Waals surface area contributed by atoms with E-state index in [0.717, 1.165) is 30.0 Å².